The molecule has 0 aromatic heterocycles. The summed E-state index contributed by atoms with van der Waals surface area (Å²) in [7, 11) is 0. The lowest BCUT2D eigenvalue weighted by atomic mass is 10.2. The molecule has 0 radical (unpaired) electrons. The molecule has 6 nitrogen and oxygen atoms in total. The Labute approximate surface area is 208 Å². The fourth-order valence-electron chi connectivity index (χ4n) is 2.92. The average Bonchev–Trinajstić information content (AvgIpc) is 2.84. The summed E-state index contributed by atoms with van der Waals surface area (Å²) in [6, 6.07) is 0. The van der Waals surface area contributed by atoms with Crippen molar-refractivity contribution < 1.29 is 19.0 Å². The highest BCUT2D eigenvalue weighted by Crippen LogP contribution is 2.01. The summed E-state index contributed by atoms with van der Waals surface area (Å²) in [6.45, 7) is 6.48. The second kappa shape index (κ2) is 29.3. The number of allylic oxidation sites excluding steroid dienone is 8. The Balaban J connectivity index is 3.39. The van der Waals surface area contributed by atoms with Crippen molar-refractivity contribution in [1.82, 2.24) is 5.32 Å². The van der Waals surface area contributed by atoms with Crippen LogP contribution >= 0.6 is 0 Å². The second-order valence-electron chi connectivity index (χ2n) is 7.96. The first-order valence-corrected chi connectivity index (χ1v) is 13.1. The molecule has 3 N–H and O–H groups in total. The SMILES string of the molecule is CCCCC/C=C\C/C=C\C/C=C\C/C=C\CCCC(=O)NCCOCCOCCOCCN. The molecule has 0 aromatic rings. The molecule has 0 spiro atoms. The van der Waals surface area contributed by atoms with Crippen LogP contribution in [0.25, 0.3) is 0 Å². The summed E-state index contributed by atoms with van der Waals surface area (Å²) in [6.07, 6.45) is 28.1. The maximum atomic E-state index is 11.8. The zero-order valence-electron chi connectivity index (χ0n) is 21.6. The Hall–Kier alpha value is -1.73. The highest BCUT2D eigenvalue weighted by Gasteiger charge is 1.99. The van der Waals surface area contributed by atoms with Gasteiger partial charge in [-0.3, -0.25) is 4.79 Å². The first-order chi connectivity index (χ1) is 16.8. The van der Waals surface area contributed by atoms with E-state index in [4.69, 9.17) is 19.9 Å². The molecule has 0 unspecified atom stereocenters. The lowest BCUT2D eigenvalue weighted by Crippen LogP contribution is -2.27. The van der Waals surface area contributed by atoms with Crippen LogP contribution in [0.5, 0.6) is 0 Å². The second-order valence-corrected chi connectivity index (χ2v) is 7.96. The molecule has 0 bridgehead atoms. The van der Waals surface area contributed by atoms with E-state index in [0.717, 1.165) is 32.1 Å². The molecule has 0 rings (SSSR count). The predicted octanol–water partition coefficient (Wildman–Crippen LogP) is 5.26. The number of hydrogen-bond acceptors (Lipinski definition) is 5. The van der Waals surface area contributed by atoms with E-state index >= 15 is 0 Å². The molecule has 0 aromatic carbocycles. The van der Waals surface area contributed by atoms with Crippen LogP contribution in [0.15, 0.2) is 48.6 Å². The molecule has 0 saturated carbocycles. The van der Waals surface area contributed by atoms with Gasteiger partial charge < -0.3 is 25.3 Å². The van der Waals surface area contributed by atoms with Crippen molar-refractivity contribution in [3.8, 4) is 0 Å². The normalized spacial score (nSPS) is 12.2. The quantitative estimate of drug-likeness (QED) is 0.138. The largest absolute Gasteiger partial charge is 0.378 e. The smallest absolute Gasteiger partial charge is 0.220 e. The monoisotopic (exact) mass is 478 g/mol. The van der Waals surface area contributed by atoms with Crippen LogP contribution < -0.4 is 11.1 Å². The molecule has 0 aliphatic carbocycles. The van der Waals surface area contributed by atoms with Crippen LogP contribution in [-0.4, -0.2) is 58.6 Å². The van der Waals surface area contributed by atoms with Crippen LogP contribution in [0.3, 0.4) is 0 Å². The summed E-state index contributed by atoms with van der Waals surface area (Å²) in [5.74, 6) is 0.0767. The number of nitrogens with one attached hydrogen (secondary N) is 1. The molecule has 196 valence electrons. The van der Waals surface area contributed by atoms with Gasteiger partial charge in [0.1, 0.15) is 0 Å². The number of carbonyl (C=O) groups excluding carboxylic acids is 1. The van der Waals surface area contributed by atoms with Gasteiger partial charge in [0, 0.05) is 19.5 Å². The van der Waals surface area contributed by atoms with Gasteiger partial charge in [-0.15, -0.1) is 0 Å². The number of ether oxygens (including phenoxy) is 3. The van der Waals surface area contributed by atoms with Gasteiger partial charge in [0.15, 0.2) is 0 Å². The Kier molecular flexibility index (Phi) is 27.8. The van der Waals surface area contributed by atoms with Crippen LogP contribution in [0.4, 0.5) is 0 Å². The molecule has 0 fully saturated rings. The van der Waals surface area contributed by atoms with E-state index in [1.807, 2.05) is 0 Å². The van der Waals surface area contributed by atoms with Crippen molar-refractivity contribution in [2.45, 2.75) is 71.1 Å². The molecule has 0 saturated heterocycles. The van der Waals surface area contributed by atoms with Gasteiger partial charge in [-0.05, 0) is 44.9 Å². The maximum Gasteiger partial charge on any atom is 0.220 e. The fourth-order valence-corrected chi connectivity index (χ4v) is 2.92. The third-order valence-corrected chi connectivity index (χ3v) is 4.81. The van der Waals surface area contributed by atoms with Crippen molar-refractivity contribution in [1.29, 1.82) is 0 Å². The van der Waals surface area contributed by atoms with E-state index in [1.54, 1.807) is 0 Å². The summed E-state index contributed by atoms with van der Waals surface area (Å²) >= 11 is 0. The molecule has 34 heavy (non-hydrogen) atoms. The van der Waals surface area contributed by atoms with Crippen LogP contribution in [0, 0.1) is 0 Å². The lowest BCUT2D eigenvalue weighted by molar-refractivity contribution is -0.121. The number of unbranched alkanes of at least 4 members (excludes halogenated alkanes) is 4. The van der Waals surface area contributed by atoms with Crippen molar-refractivity contribution in [2.24, 2.45) is 5.73 Å². The zero-order valence-corrected chi connectivity index (χ0v) is 21.6. The molecule has 1 amide bonds. The minimum Gasteiger partial charge on any atom is -0.378 e. The van der Waals surface area contributed by atoms with E-state index in [2.05, 4.69) is 60.8 Å². The minimum atomic E-state index is 0.0767. The summed E-state index contributed by atoms with van der Waals surface area (Å²) < 4.78 is 16.0. The fraction of sp³-hybridized carbons (Fsp3) is 0.679. The molecule has 0 atom stereocenters. The standard InChI is InChI=1S/C28H50N2O4/c1-2-3-4-5-6-7-8-9-10-11-12-13-14-15-16-17-18-19-28(31)30-21-23-33-25-27-34-26-24-32-22-20-29/h6-7,9-10,12-13,15-16H,2-5,8,11,14,17-27,29H2,1H3,(H,30,31)/b7-6-,10-9-,13-12-,16-15-. The molecule has 0 aliphatic rings. The van der Waals surface area contributed by atoms with Crippen LogP contribution in [-0.2, 0) is 19.0 Å². The summed E-state index contributed by atoms with van der Waals surface area (Å²) in [4.78, 5) is 11.8. The minimum absolute atomic E-state index is 0.0767. The Morgan fingerprint density at radius 3 is 1.74 bits per heavy atom. The van der Waals surface area contributed by atoms with Gasteiger partial charge in [0.25, 0.3) is 0 Å². The maximum absolute atomic E-state index is 11.8. The molecule has 0 aliphatic heterocycles. The molecular weight excluding hydrogens is 428 g/mol. The first-order valence-electron chi connectivity index (χ1n) is 13.1. The molecule has 6 heteroatoms. The number of rotatable bonds is 25. The number of hydrogen-bond donors (Lipinski definition) is 2. The average molecular weight is 479 g/mol. The summed E-state index contributed by atoms with van der Waals surface area (Å²) in [5.41, 5.74) is 5.32. The predicted molar refractivity (Wildman–Crippen MR) is 143 cm³/mol. The van der Waals surface area contributed by atoms with E-state index in [-0.39, 0.29) is 5.91 Å². The molecule has 0 heterocycles. The highest BCUT2D eigenvalue weighted by atomic mass is 16.5. The van der Waals surface area contributed by atoms with E-state index in [9.17, 15) is 4.79 Å². The zero-order chi connectivity index (χ0) is 24.8. The Morgan fingerprint density at radius 2 is 1.18 bits per heavy atom. The van der Waals surface area contributed by atoms with Gasteiger partial charge >= 0.3 is 0 Å². The van der Waals surface area contributed by atoms with Crippen molar-refractivity contribution >= 4 is 5.91 Å². The van der Waals surface area contributed by atoms with E-state index in [0.29, 0.717) is 59.2 Å². The third-order valence-electron chi connectivity index (χ3n) is 4.81. The van der Waals surface area contributed by atoms with E-state index in [1.165, 1.54) is 25.7 Å². The van der Waals surface area contributed by atoms with Gasteiger partial charge in [0.05, 0.1) is 39.6 Å². The lowest BCUT2D eigenvalue weighted by Gasteiger charge is -2.07. The Morgan fingerprint density at radius 1 is 0.676 bits per heavy atom. The van der Waals surface area contributed by atoms with Crippen molar-refractivity contribution in [2.75, 3.05) is 52.7 Å². The Bertz CT molecular complexity index is 545. The van der Waals surface area contributed by atoms with Crippen LogP contribution in [0.1, 0.15) is 71.1 Å². The third kappa shape index (κ3) is 28.3. The number of amides is 1. The molecular formula is C28H50N2O4. The van der Waals surface area contributed by atoms with Crippen LogP contribution in [0.2, 0.25) is 0 Å². The number of carbonyl (C=O) groups is 1. The van der Waals surface area contributed by atoms with E-state index < -0.39 is 0 Å². The topological polar surface area (TPSA) is 82.8 Å². The van der Waals surface area contributed by atoms with Gasteiger partial charge in [-0.1, -0.05) is 68.4 Å². The van der Waals surface area contributed by atoms with Crippen molar-refractivity contribution in [3.05, 3.63) is 48.6 Å². The first kappa shape index (κ1) is 32.3. The van der Waals surface area contributed by atoms with Gasteiger partial charge in [-0.25, -0.2) is 0 Å². The number of nitrogens with two attached hydrogens (primary N) is 1. The van der Waals surface area contributed by atoms with Gasteiger partial charge in [-0.2, -0.15) is 0 Å². The summed E-state index contributed by atoms with van der Waals surface area (Å²) in [5, 5.41) is 2.88. The van der Waals surface area contributed by atoms with Gasteiger partial charge in [0.2, 0.25) is 5.91 Å². The van der Waals surface area contributed by atoms with Crippen molar-refractivity contribution in [3.63, 3.8) is 0 Å². The highest BCUT2D eigenvalue weighted by molar-refractivity contribution is 5.75.